The number of amides is 1. The van der Waals surface area contributed by atoms with Crippen LogP contribution in [0.1, 0.15) is 20.3 Å². The molecule has 6 heteroatoms. The average Bonchev–Trinajstić information content (AvgIpc) is 2.29. The first kappa shape index (κ1) is 12.8. The van der Waals surface area contributed by atoms with Crippen molar-refractivity contribution in [2.24, 2.45) is 4.99 Å². The van der Waals surface area contributed by atoms with Crippen LogP contribution in [0.2, 0.25) is 0 Å². The van der Waals surface area contributed by atoms with Crippen LogP contribution in [0.5, 0.6) is 5.75 Å². The van der Waals surface area contributed by atoms with Gasteiger partial charge in [0, 0.05) is 17.8 Å². The van der Waals surface area contributed by atoms with E-state index in [2.05, 4.69) is 4.99 Å². The predicted octanol–water partition coefficient (Wildman–Crippen LogP) is 2.96. The molecule has 90 valence electrons. The molecular formula is C11H12N2O4. The van der Waals surface area contributed by atoms with E-state index in [4.69, 9.17) is 4.74 Å². The predicted molar refractivity (Wildman–Crippen MR) is 62.5 cm³/mol. The molecule has 1 amide bonds. The first-order chi connectivity index (χ1) is 8.02. The first-order valence-corrected chi connectivity index (χ1v) is 5.03. The van der Waals surface area contributed by atoms with Gasteiger partial charge in [-0.25, -0.2) is 4.79 Å². The fraction of sp³-hybridized carbons (Fsp3) is 0.273. The van der Waals surface area contributed by atoms with E-state index >= 15 is 0 Å². The number of hydrogen-bond acceptors (Lipinski definition) is 4. The van der Waals surface area contributed by atoms with E-state index in [0.717, 1.165) is 0 Å². The molecule has 1 aromatic carbocycles. The summed E-state index contributed by atoms with van der Waals surface area (Å²) in [6, 6.07) is 5.23. The summed E-state index contributed by atoms with van der Waals surface area (Å²) < 4.78 is 4.87. The van der Waals surface area contributed by atoms with Crippen LogP contribution in [0, 0.1) is 10.1 Å². The van der Waals surface area contributed by atoms with Gasteiger partial charge in [-0.3, -0.25) is 10.1 Å². The van der Waals surface area contributed by atoms with Crippen LogP contribution < -0.4 is 4.74 Å². The standard InChI is InChI=1S/C11H12N2O4/c1-3-8(2)12-11(14)17-10-6-4-9(5-7-10)13(15)16/h4-7H,3H2,1-2H3. The highest BCUT2D eigenvalue weighted by Gasteiger charge is 2.07. The number of non-ortho nitro benzene ring substituents is 1. The molecule has 0 heterocycles. The highest BCUT2D eigenvalue weighted by Crippen LogP contribution is 2.17. The van der Waals surface area contributed by atoms with E-state index < -0.39 is 11.0 Å². The van der Waals surface area contributed by atoms with Crippen molar-refractivity contribution >= 4 is 17.5 Å². The van der Waals surface area contributed by atoms with Crippen LogP contribution in [0.15, 0.2) is 29.3 Å². The Morgan fingerprint density at radius 2 is 2.00 bits per heavy atom. The van der Waals surface area contributed by atoms with Gasteiger partial charge in [0.05, 0.1) is 4.92 Å². The summed E-state index contributed by atoms with van der Waals surface area (Å²) in [6.07, 6.45) is -0.0618. The second-order valence-electron chi connectivity index (χ2n) is 3.32. The molecule has 0 bridgehead atoms. The number of nitro groups is 1. The molecule has 1 aromatic rings. The quantitative estimate of drug-likeness (QED) is 0.459. The molecule has 0 saturated heterocycles. The number of nitrogens with zero attached hydrogens (tertiary/aromatic N) is 2. The maximum absolute atomic E-state index is 11.3. The van der Waals surface area contributed by atoms with Gasteiger partial charge < -0.3 is 4.74 Å². The highest BCUT2D eigenvalue weighted by molar-refractivity contribution is 5.92. The van der Waals surface area contributed by atoms with Gasteiger partial charge in [-0.05, 0) is 25.5 Å². The van der Waals surface area contributed by atoms with Crippen LogP contribution in [0.4, 0.5) is 10.5 Å². The van der Waals surface area contributed by atoms with Gasteiger partial charge in [-0.2, -0.15) is 4.99 Å². The smallest absolute Gasteiger partial charge is 0.409 e. The molecule has 0 N–H and O–H groups in total. The topological polar surface area (TPSA) is 81.8 Å². The van der Waals surface area contributed by atoms with Crippen molar-refractivity contribution in [2.45, 2.75) is 20.3 Å². The van der Waals surface area contributed by atoms with E-state index in [1.165, 1.54) is 24.3 Å². The fourth-order valence-corrected chi connectivity index (χ4v) is 0.994. The third kappa shape index (κ3) is 4.02. The average molecular weight is 236 g/mol. The number of hydrogen-bond donors (Lipinski definition) is 0. The second-order valence-corrected chi connectivity index (χ2v) is 3.32. The molecule has 1 rings (SSSR count). The minimum atomic E-state index is -0.724. The molecule has 0 aliphatic heterocycles. The molecule has 0 aliphatic rings. The Balaban J connectivity index is 2.70. The van der Waals surface area contributed by atoms with Gasteiger partial charge in [0.2, 0.25) is 0 Å². The number of ether oxygens (including phenoxy) is 1. The molecule has 6 nitrogen and oxygen atoms in total. The van der Waals surface area contributed by atoms with Gasteiger partial charge in [0.1, 0.15) is 5.75 Å². The molecule has 0 radical (unpaired) electrons. The zero-order valence-corrected chi connectivity index (χ0v) is 9.54. The van der Waals surface area contributed by atoms with Gasteiger partial charge in [0.15, 0.2) is 0 Å². The minimum Gasteiger partial charge on any atom is -0.409 e. The van der Waals surface area contributed by atoms with Crippen molar-refractivity contribution in [3.63, 3.8) is 0 Å². The lowest BCUT2D eigenvalue weighted by molar-refractivity contribution is -0.384. The monoisotopic (exact) mass is 236 g/mol. The van der Waals surface area contributed by atoms with Gasteiger partial charge in [-0.1, -0.05) is 6.92 Å². The Bertz CT molecular complexity index is 451. The summed E-state index contributed by atoms with van der Waals surface area (Å²) >= 11 is 0. The zero-order valence-electron chi connectivity index (χ0n) is 9.54. The lowest BCUT2D eigenvalue weighted by atomic mass is 10.3. The lowest BCUT2D eigenvalue weighted by Gasteiger charge is -2.00. The van der Waals surface area contributed by atoms with E-state index in [1.54, 1.807) is 6.92 Å². The van der Waals surface area contributed by atoms with Crippen molar-refractivity contribution in [3.8, 4) is 5.75 Å². The van der Waals surface area contributed by atoms with Crippen LogP contribution >= 0.6 is 0 Å². The van der Waals surface area contributed by atoms with E-state index in [0.29, 0.717) is 12.1 Å². The van der Waals surface area contributed by atoms with Crippen LogP contribution in [-0.2, 0) is 0 Å². The number of carbonyl (C=O) groups excluding carboxylic acids is 1. The van der Waals surface area contributed by atoms with Gasteiger partial charge in [-0.15, -0.1) is 0 Å². The summed E-state index contributed by atoms with van der Waals surface area (Å²) in [7, 11) is 0. The Kier molecular flexibility index (Phi) is 4.33. The van der Waals surface area contributed by atoms with Crippen molar-refractivity contribution in [2.75, 3.05) is 0 Å². The minimum absolute atomic E-state index is 0.0574. The number of carbonyl (C=O) groups is 1. The molecule has 0 unspecified atom stereocenters. The molecule has 17 heavy (non-hydrogen) atoms. The van der Waals surface area contributed by atoms with Crippen molar-refractivity contribution in [1.82, 2.24) is 0 Å². The van der Waals surface area contributed by atoms with Crippen molar-refractivity contribution < 1.29 is 14.5 Å². The first-order valence-electron chi connectivity index (χ1n) is 5.03. The molecule has 0 spiro atoms. The molecule has 0 aromatic heterocycles. The Labute approximate surface area is 98.1 Å². The number of benzene rings is 1. The van der Waals surface area contributed by atoms with Gasteiger partial charge in [0.25, 0.3) is 5.69 Å². The molecule has 0 fully saturated rings. The van der Waals surface area contributed by atoms with Crippen LogP contribution in [-0.4, -0.2) is 16.7 Å². The fourth-order valence-electron chi connectivity index (χ4n) is 0.994. The summed E-state index contributed by atoms with van der Waals surface area (Å²) in [5.74, 6) is 0.230. The maximum atomic E-state index is 11.3. The second kappa shape index (κ2) is 5.74. The van der Waals surface area contributed by atoms with E-state index in [1.807, 2.05) is 6.92 Å². The van der Waals surface area contributed by atoms with Crippen LogP contribution in [0.3, 0.4) is 0 Å². The Hall–Kier alpha value is -2.24. The van der Waals surface area contributed by atoms with Gasteiger partial charge >= 0.3 is 6.09 Å². The van der Waals surface area contributed by atoms with E-state index in [9.17, 15) is 14.9 Å². The van der Waals surface area contributed by atoms with E-state index in [-0.39, 0.29) is 11.4 Å². The summed E-state index contributed by atoms with van der Waals surface area (Å²) in [5, 5.41) is 10.4. The summed E-state index contributed by atoms with van der Waals surface area (Å²) in [6.45, 7) is 3.59. The summed E-state index contributed by atoms with van der Waals surface area (Å²) in [4.78, 5) is 24.8. The molecule has 0 saturated carbocycles. The van der Waals surface area contributed by atoms with Crippen molar-refractivity contribution in [3.05, 3.63) is 34.4 Å². The third-order valence-electron chi connectivity index (χ3n) is 2.05. The number of aliphatic imine (C=N–C) groups is 1. The van der Waals surface area contributed by atoms with Crippen molar-refractivity contribution in [1.29, 1.82) is 0 Å². The SMILES string of the molecule is CCC(C)=NC(=O)Oc1ccc([N+](=O)[O-])cc1. The lowest BCUT2D eigenvalue weighted by Crippen LogP contribution is -2.05. The molecule has 0 aliphatic carbocycles. The maximum Gasteiger partial charge on any atom is 0.438 e. The largest absolute Gasteiger partial charge is 0.438 e. The number of rotatable bonds is 3. The Morgan fingerprint density at radius 1 is 1.41 bits per heavy atom. The molecule has 0 atom stereocenters. The molecular weight excluding hydrogens is 224 g/mol. The normalized spacial score (nSPS) is 11.1. The third-order valence-corrected chi connectivity index (χ3v) is 2.05. The Morgan fingerprint density at radius 3 is 2.47 bits per heavy atom. The summed E-state index contributed by atoms with van der Waals surface area (Å²) in [5.41, 5.74) is 0.606. The zero-order chi connectivity index (χ0) is 12.8. The highest BCUT2D eigenvalue weighted by atomic mass is 16.6. The van der Waals surface area contributed by atoms with Crippen LogP contribution in [0.25, 0.3) is 0 Å². The number of nitro benzene ring substituents is 1.